The summed E-state index contributed by atoms with van der Waals surface area (Å²) in [4.78, 5) is 0. The molecule has 1 aromatic carbocycles. The molecule has 0 radical (unpaired) electrons. The fraction of sp³-hybridized carbons (Fsp3) is 0.538. The van der Waals surface area contributed by atoms with Gasteiger partial charge in [-0.25, -0.2) is 8.78 Å². The van der Waals surface area contributed by atoms with E-state index >= 15 is 0 Å². The van der Waals surface area contributed by atoms with Gasteiger partial charge in [-0.15, -0.1) is 0 Å². The molecule has 1 aromatic rings. The predicted molar refractivity (Wildman–Crippen MR) is 68.8 cm³/mol. The van der Waals surface area contributed by atoms with Crippen LogP contribution in [0.1, 0.15) is 19.4 Å². The second-order valence-corrected chi connectivity index (χ2v) is 6.91. The van der Waals surface area contributed by atoms with Crippen molar-refractivity contribution < 1.29 is 26.5 Å². The lowest BCUT2D eigenvalue weighted by Gasteiger charge is -2.44. The Morgan fingerprint density at radius 3 is 2.35 bits per heavy atom. The van der Waals surface area contributed by atoms with Crippen LogP contribution < -0.4 is 0 Å². The maximum Gasteiger partial charge on any atom is 0.308 e. The number of benzene rings is 1. The topological polar surface area (TPSA) is 63.6 Å². The molecule has 2 unspecified atom stereocenters. The molecule has 0 aliphatic carbocycles. The summed E-state index contributed by atoms with van der Waals surface area (Å²) >= 11 is 0. The summed E-state index contributed by atoms with van der Waals surface area (Å²) in [6.45, 7) is 2.84. The van der Waals surface area contributed by atoms with Gasteiger partial charge in [0.2, 0.25) is 0 Å². The van der Waals surface area contributed by atoms with Crippen LogP contribution in [0.15, 0.2) is 30.3 Å². The van der Waals surface area contributed by atoms with E-state index in [1.807, 2.05) is 0 Å². The van der Waals surface area contributed by atoms with Gasteiger partial charge in [0.25, 0.3) is 10.1 Å². The van der Waals surface area contributed by atoms with Crippen LogP contribution in [0.5, 0.6) is 0 Å². The Labute approximate surface area is 116 Å². The van der Waals surface area contributed by atoms with Crippen LogP contribution in [0, 0.1) is 5.92 Å². The van der Waals surface area contributed by atoms with Gasteiger partial charge in [0, 0.05) is 0 Å². The lowest BCUT2D eigenvalue weighted by atomic mass is 9.82. The van der Waals surface area contributed by atoms with Crippen molar-refractivity contribution >= 4 is 10.1 Å². The van der Waals surface area contributed by atoms with Crippen molar-refractivity contribution in [2.45, 2.75) is 31.5 Å². The van der Waals surface area contributed by atoms with Crippen molar-refractivity contribution in [3.63, 3.8) is 0 Å². The summed E-state index contributed by atoms with van der Waals surface area (Å²) in [6, 6.07) is 7.10. The zero-order valence-electron chi connectivity index (χ0n) is 11.1. The normalized spacial score (nSPS) is 32.2. The summed E-state index contributed by atoms with van der Waals surface area (Å²) in [7, 11) is -4.23. The minimum atomic E-state index is -4.23. The van der Waals surface area contributed by atoms with Crippen LogP contribution in [-0.4, -0.2) is 31.3 Å². The first-order chi connectivity index (χ1) is 9.10. The van der Waals surface area contributed by atoms with E-state index in [1.54, 1.807) is 6.07 Å². The van der Waals surface area contributed by atoms with E-state index in [0.717, 1.165) is 0 Å². The molecule has 1 N–H and O–H groups in total. The van der Waals surface area contributed by atoms with Gasteiger partial charge in [-0.2, -0.15) is 8.42 Å². The third-order valence-corrected chi connectivity index (χ3v) is 4.67. The summed E-state index contributed by atoms with van der Waals surface area (Å²) < 4.78 is 57.1. The van der Waals surface area contributed by atoms with Gasteiger partial charge in [0.05, 0.1) is 0 Å². The highest BCUT2D eigenvalue weighted by Crippen LogP contribution is 2.48. The maximum atomic E-state index is 14.6. The van der Waals surface area contributed by atoms with Crippen LogP contribution in [-0.2, 0) is 19.9 Å². The molecule has 2 rings (SSSR count). The Morgan fingerprint density at radius 2 is 1.85 bits per heavy atom. The van der Waals surface area contributed by atoms with Gasteiger partial charge in [0.1, 0.15) is 11.9 Å². The number of hydrogen-bond acceptors (Lipinski definition) is 4. The Morgan fingerprint density at radius 1 is 1.30 bits per heavy atom. The minimum absolute atomic E-state index is 0.137. The van der Waals surface area contributed by atoms with Crippen LogP contribution in [0.25, 0.3) is 0 Å². The van der Waals surface area contributed by atoms with Crippen LogP contribution in [0.4, 0.5) is 8.78 Å². The molecule has 20 heavy (non-hydrogen) atoms. The second kappa shape index (κ2) is 4.75. The fourth-order valence-corrected chi connectivity index (χ4v) is 3.96. The van der Waals surface area contributed by atoms with Crippen molar-refractivity contribution in [2.24, 2.45) is 5.92 Å². The van der Waals surface area contributed by atoms with Crippen LogP contribution in [0.2, 0.25) is 0 Å². The molecule has 0 amide bonds. The molecule has 0 bridgehead atoms. The predicted octanol–water partition coefficient (Wildman–Crippen LogP) is 1.89. The van der Waals surface area contributed by atoms with E-state index in [0.29, 0.717) is 0 Å². The number of aliphatic hydroxyl groups is 1. The van der Waals surface area contributed by atoms with Gasteiger partial charge in [-0.3, -0.25) is 4.18 Å². The van der Waals surface area contributed by atoms with E-state index < -0.39 is 39.4 Å². The third kappa shape index (κ3) is 2.34. The summed E-state index contributed by atoms with van der Waals surface area (Å²) in [5.41, 5.74) is -2.93. The van der Waals surface area contributed by atoms with E-state index in [9.17, 15) is 22.3 Å². The molecule has 0 aromatic heterocycles. The highest BCUT2D eigenvalue weighted by atomic mass is 32.2. The molecular weight excluding hydrogens is 290 g/mol. The van der Waals surface area contributed by atoms with Gasteiger partial charge in [-0.1, -0.05) is 44.2 Å². The maximum absolute atomic E-state index is 14.6. The van der Waals surface area contributed by atoms with Gasteiger partial charge >= 0.3 is 5.92 Å². The quantitative estimate of drug-likeness (QED) is 0.848. The zero-order chi connectivity index (χ0) is 15.2. The number of alkyl halides is 2. The first kappa shape index (κ1) is 15.3. The number of rotatable bonds is 2. The largest absolute Gasteiger partial charge is 0.378 e. The molecule has 7 heteroatoms. The molecule has 0 saturated carbocycles. The lowest BCUT2D eigenvalue weighted by molar-refractivity contribution is -0.240. The summed E-state index contributed by atoms with van der Waals surface area (Å²) in [5.74, 6) is -5.65. The van der Waals surface area contributed by atoms with E-state index in [4.69, 9.17) is 0 Å². The average Bonchev–Trinajstić information content (AvgIpc) is 2.34. The highest BCUT2D eigenvalue weighted by Gasteiger charge is 2.66. The number of hydrogen-bond donors (Lipinski definition) is 1. The summed E-state index contributed by atoms with van der Waals surface area (Å²) in [5, 5.41) is 10.4. The molecule has 1 aliphatic rings. The molecule has 112 valence electrons. The van der Waals surface area contributed by atoms with Crippen molar-refractivity contribution in [2.75, 3.05) is 5.75 Å². The first-order valence-electron chi connectivity index (χ1n) is 6.17. The smallest absolute Gasteiger partial charge is 0.308 e. The van der Waals surface area contributed by atoms with Crippen LogP contribution in [0.3, 0.4) is 0 Å². The molecule has 4 nitrogen and oxygen atoms in total. The summed E-state index contributed by atoms with van der Waals surface area (Å²) in [6.07, 6.45) is -1.90. The van der Waals surface area contributed by atoms with Gasteiger partial charge < -0.3 is 5.11 Å². The monoisotopic (exact) mass is 306 g/mol. The standard InChI is InChI=1S/C13H16F2O4S/c1-9(2)11-13(14,15)12(16,8-20(17,18)19-11)10-6-4-3-5-7-10/h3-7,9,11,16H,8H2,1-2H3. The molecule has 1 saturated heterocycles. The van der Waals surface area contributed by atoms with Gasteiger partial charge in [0.15, 0.2) is 5.60 Å². The van der Waals surface area contributed by atoms with E-state index in [2.05, 4.69) is 4.18 Å². The number of halogens is 2. The van der Waals surface area contributed by atoms with Gasteiger partial charge in [-0.05, 0) is 11.5 Å². The molecule has 1 fully saturated rings. The van der Waals surface area contributed by atoms with E-state index in [-0.39, 0.29) is 5.56 Å². The minimum Gasteiger partial charge on any atom is -0.378 e. The molecule has 2 atom stereocenters. The third-order valence-electron chi connectivity index (χ3n) is 3.40. The Bertz CT molecular complexity index is 586. The average molecular weight is 306 g/mol. The van der Waals surface area contributed by atoms with Crippen molar-refractivity contribution in [3.05, 3.63) is 35.9 Å². The van der Waals surface area contributed by atoms with E-state index in [1.165, 1.54) is 38.1 Å². The Balaban J connectivity index is 2.60. The van der Waals surface area contributed by atoms with Crippen LogP contribution >= 0.6 is 0 Å². The van der Waals surface area contributed by atoms with Crippen molar-refractivity contribution in [1.29, 1.82) is 0 Å². The Kier molecular flexibility index (Phi) is 3.64. The molecular formula is C13H16F2O4S. The van der Waals surface area contributed by atoms with Crippen molar-refractivity contribution in [3.8, 4) is 0 Å². The highest BCUT2D eigenvalue weighted by molar-refractivity contribution is 7.86. The molecule has 0 spiro atoms. The molecule has 1 aliphatic heterocycles. The molecule has 1 heterocycles. The lowest BCUT2D eigenvalue weighted by Crippen LogP contribution is -2.63. The first-order valence-corrected chi connectivity index (χ1v) is 7.74. The Hall–Kier alpha value is -1.05. The fourth-order valence-electron chi connectivity index (χ4n) is 2.36. The van der Waals surface area contributed by atoms with Crippen molar-refractivity contribution in [1.82, 2.24) is 0 Å². The SMILES string of the molecule is CC(C)C1OS(=O)(=O)CC(O)(c2ccccc2)C1(F)F. The second-order valence-electron chi connectivity index (χ2n) is 5.31. The zero-order valence-corrected chi connectivity index (χ0v) is 11.9.